The standard InChI is InChI=1S/C18H33N3O3/c1-20-9-6-18(23,7-10-20)14-19-17(22)15-3-2-8-21(13-15)16-4-11-24-12-5-16/h15-16,23H,2-14H2,1H3,(H,19,22). The lowest BCUT2D eigenvalue weighted by Gasteiger charge is -2.40. The number of rotatable bonds is 4. The van der Waals surface area contributed by atoms with E-state index in [1.54, 1.807) is 0 Å². The molecule has 3 heterocycles. The predicted molar refractivity (Wildman–Crippen MR) is 92.8 cm³/mol. The Hall–Kier alpha value is -0.690. The highest BCUT2D eigenvalue weighted by molar-refractivity contribution is 5.79. The van der Waals surface area contributed by atoms with E-state index in [2.05, 4.69) is 22.2 Å². The number of likely N-dealkylation sites (tertiary alicyclic amines) is 2. The first-order valence-electron chi connectivity index (χ1n) is 9.56. The fourth-order valence-electron chi connectivity index (χ4n) is 4.21. The number of ether oxygens (including phenoxy) is 1. The van der Waals surface area contributed by atoms with E-state index >= 15 is 0 Å². The molecule has 2 N–H and O–H groups in total. The van der Waals surface area contributed by atoms with Crippen molar-refractivity contribution in [2.75, 3.05) is 53.0 Å². The van der Waals surface area contributed by atoms with Crippen LogP contribution in [0.5, 0.6) is 0 Å². The minimum Gasteiger partial charge on any atom is -0.388 e. The van der Waals surface area contributed by atoms with E-state index < -0.39 is 5.60 Å². The lowest BCUT2D eigenvalue weighted by molar-refractivity contribution is -0.129. The lowest BCUT2D eigenvalue weighted by atomic mass is 9.90. The van der Waals surface area contributed by atoms with Crippen molar-refractivity contribution >= 4 is 5.91 Å². The normalized spacial score (nSPS) is 30.2. The maximum atomic E-state index is 12.6. The Balaban J connectivity index is 1.45. The molecule has 0 saturated carbocycles. The molecule has 6 nitrogen and oxygen atoms in total. The number of carbonyl (C=O) groups is 1. The average molecular weight is 339 g/mol. The van der Waals surface area contributed by atoms with Crippen molar-refractivity contribution < 1.29 is 14.6 Å². The van der Waals surface area contributed by atoms with Gasteiger partial charge in [-0.05, 0) is 52.1 Å². The van der Waals surface area contributed by atoms with Crippen LogP contribution in [0.4, 0.5) is 0 Å². The molecule has 138 valence electrons. The summed E-state index contributed by atoms with van der Waals surface area (Å²) >= 11 is 0. The first-order chi connectivity index (χ1) is 11.6. The summed E-state index contributed by atoms with van der Waals surface area (Å²) in [6.45, 7) is 5.84. The minimum absolute atomic E-state index is 0.0662. The maximum Gasteiger partial charge on any atom is 0.224 e. The molecule has 0 radical (unpaired) electrons. The van der Waals surface area contributed by atoms with Gasteiger partial charge in [-0.3, -0.25) is 9.69 Å². The van der Waals surface area contributed by atoms with Gasteiger partial charge in [-0.15, -0.1) is 0 Å². The van der Waals surface area contributed by atoms with Crippen molar-refractivity contribution in [3.8, 4) is 0 Å². The van der Waals surface area contributed by atoms with E-state index in [-0.39, 0.29) is 11.8 Å². The third kappa shape index (κ3) is 4.69. The second kappa shape index (κ2) is 8.13. The van der Waals surface area contributed by atoms with Gasteiger partial charge in [-0.1, -0.05) is 0 Å². The predicted octanol–water partition coefficient (Wildman–Crippen LogP) is 0.450. The zero-order valence-electron chi connectivity index (χ0n) is 15.0. The molecule has 1 atom stereocenters. The highest BCUT2D eigenvalue weighted by Gasteiger charge is 2.34. The molecular weight excluding hydrogens is 306 g/mol. The largest absolute Gasteiger partial charge is 0.388 e. The molecule has 1 unspecified atom stereocenters. The highest BCUT2D eigenvalue weighted by atomic mass is 16.5. The summed E-state index contributed by atoms with van der Waals surface area (Å²) in [5.41, 5.74) is -0.725. The summed E-state index contributed by atoms with van der Waals surface area (Å²) in [6.07, 6.45) is 5.70. The summed E-state index contributed by atoms with van der Waals surface area (Å²) in [5.74, 6) is 0.190. The number of carbonyl (C=O) groups excluding carboxylic acids is 1. The van der Waals surface area contributed by atoms with Crippen LogP contribution in [-0.2, 0) is 9.53 Å². The Morgan fingerprint density at radius 3 is 2.62 bits per heavy atom. The van der Waals surface area contributed by atoms with Gasteiger partial charge in [-0.25, -0.2) is 0 Å². The molecule has 0 spiro atoms. The van der Waals surface area contributed by atoms with Gasteiger partial charge in [0.2, 0.25) is 5.91 Å². The molecule has 0 aromatic heterocycles. The summed E-state index contributed by atoms with van der Waals surface area (Å²) in [7, 11) is 2.07. The Morgan fingerprint density at radius 1 is 1.21 bits per heavy atom. The summed E-state index contributed by atoms with van der Waals surface area (Å²) in [5, 5.41) is 13.7. The van der Waals surface area contributed by atoms with Gasteiger partial charge in [0.05, 0.1) is 11.5 Å². The maximum absolute atomic E-state index is 12.6. The second-order valence-electron chi connectivity index (χ2n) is 7.92. The Kier molecular flexibility index (Phi) is 6.13. The summed E-state index contributed by atoms with van der Waals surface area (Å²) < 4.78 is 5.45. The molecule has 3 fully saturated rings. The highest BCUT2D eigenvalue weighted by Crippen LogP contribution is 2.24. The van der Waals surface area contributed by atoms with Crippen LogP contribution in [0.3, 0.4) is 0 Å². The lowest BCUT2D eigenvalue weighted by Crippen LogP contribution is -2.53. The second-order valence-corrected chi connectivity index (χ2v) is 7.92. The van der Waals surface area contributed by atoms with E-state index in [1.165, 1.54) is 0 Å². The summed E-state index contributed by atoms with van der Waals surface area (Å²) in [4.78, 5) is 17.3. The van der Waals surface area contributed by atoms with Crippen molar-refractivity contribution in [3.63, 3.8) is 0 Å². The van der Waals surface area contributed by atoms with Gasteiger partial charge < -0.3 is 20.1 Å². The van der Waals surface area contributed by atoms with Crippen LogP contribution < -0.4 is 5.32 Å². The quantitative estimate of drug-likeness (QED) is 0.779. The first kappa shape index (κ1) is 18.1. The number of nitrogens with zero attached hydrogens (tertiary/aromatic N) is 2. The van der Waals surface area contributed by atoms with Gasteiger partial charge in [-0.2, -0.15) is 0 Å². The van der Waals surface area contributed by atoms with Gasteiger partial charge in [0, 0.05) is 45.4 Å². The van der Waals surface area contributed by atoms with Crippen molar-refractivity contribution in [2.24, 2.45) is 5.92 Å². The van der Waals surface area contributed by atoms with Crippen LogP contribution in [0, 0.1) is 5.92 Å². The monoisotopic (exact) mass is 339 g/mol. The molecule has 6 heteroatoms. The molecule has 3 aliphatic heterocycles. The topological polar surface area (TPSA) is 65.0 Å². The molecule has 1 amide bonds. The molecule has 0 aromatic carbocycles. The fourth-order valence-corrected chi connectivity index (χ4v) is 4.21. The van der Waals surface area contributed by atoms with Gasteiger partial charge >= 0.3 is 0 Å². The molecular formula is C18H33N3O3. The number of piperidine rings is 2. The Labute approximate surface area is 145 Å². The number of amides is 1. The molecule has 0 bridgehead atoms. The Bertz CT molecular complexity index is 418. The van der Waals surface area contributed by atoms with Gasteiger partial charge in [0.15, 0.2) is 0 Å². The molecule has 3 aliphatic rings. The van der Waals surface area contributed by atoms with Crippen molar-refractivity contribution in [1.82, 2.24) is 15.1 Å². The fraction of sp³-hybridized carbons (Fsp3) is 0.944. The zero-order chi connectivity index (χ0) is 17.0. The minimum atomic E-state index is -0.725. The molecule has 3 rings (SSSR count). The van der Waals surface area contributed by atoms with Crippen molar-refractivity contribution in [1.29, 1.82) is 0 Å². The third-order valence-electron chi connectivity index (χ3n) is 6.04. The SMILES string of the molecule is CN1CCC(O)(CNC(=O)C2CCCN(C3CCOCC3)C2)CC1. The van der Waals surface area contributed by atoms with Gasteiger partial charge in [0.1, 0.15) is 0 Å². The van der Waals surface area contributed by atoms with Crippen LogP contribution in [0.2, 0.25) is 0 Å². The van der Waals surface area contributed by atoms with Crippen LogP contribution in [0.1, 0.15) is 38.5 Å². The van der Waals surface area contributed by atoms with E-state index in [4.69, 9.17) is 4.74 Å². The summed E-state index contributed by atoms with van der Waals surface area (Å²) in [6, 6.07) is 0.576. The van der Waals surface area contributed by atoms with Crippen LogP contribution in [-0.4, -0.2) is 85.4 Å². The number of hydrogen-bond acceptors (Lipinski definition) is 5. The van der Waals surface area contributed by atoms with Gasteiger partial charge in [0.25, 0.3) is 0 Å². The average Bonchev–Trinajstić information content (AvgIpc) is 2.63. The van der Waals surface area contributed by atoms with E-state index in [0.717, 1.165) is 77.9 Å². The smallest absolute Gasteiger partial charge is 0.224 e. The zero-order valence-corrected chi connectivity index (χ0v) is 15.0. The molecule has 3 saturated heterocycles. The van der Waals surface area contributed by atoms with E-state index in [1.807, 2.05) is 0 Å². The molecule has 24 heavy (non-hydrogen) atoms. The third-order valence-corrected chi connectivity index (χ3v) is 6.04. The van der Waals surface area contributed by atoms with Crippen LogP contribution in [0.25, 0.3) is 0 Å². The molecule has 0 aromatic rings. The Morgan fingerprint density at radius 2 is 1.92 bits per heavy atom. The first-order valence-corrected chi connectivity index (χ1v) is 9.56. The van der Waals surface area contributed by atoms with E-state index in [9.17, 15) is 9.90 Å². The van der Waals surface area contributed by atoms with Crippen molar-refractivity contribution in [3.05, 3.63) is 0 Å². The van der Waals surface area contributed by atoms with E-state index in [0.29, 0.717) is 12.6 Å². The molecule has 0 aliphatic carbocycles. The number of nitrogens with one attached hydrogen (secondary N) is 1. The van der Waals surface area contributed by atoms with Crippen molar-refractivity contribution in [2.45, 2.75) is 50.2 Å². The van der Waals surface area contributed by atoms with Crippen LogP contribution in [0.15, 0.2) is 0 Å². The van der Waals surface area contributed by atoms with Crippen LogP contribution >= 0.6 is 0 Å². The number of hydrogen-bond donors (Lipinski definition) is 2. The number of aliphatic hydroxyl groups is 1.